The van der Waals surface area contributed by atoms with Crippen LogP contribution in [0.25, 0.3) is 10.9 Å². The van der Waals surface area contributed by atoms with Crippen molar-refractivity contribution in [2.45, 2.75) is 60.3 Å². The first kappa shape index (κ1) is 22.9. The van der Waals surface area contributed by atoms with Crippen LogP contribution in [-0.2, 0) is 4.79 Å². The number of hydrogen-bond donors (Lipinski definition) is 1. The molecule has 0 saturated heterocycles. The number of aromatic amines is 1. The fourth-order valence-electron chi connectivity index (χ4n) is 2.33. The summed E-state index contributed by atoms with van der Waals surface area (Å²) in [7, 11) is 0. The van der Waals surface area contributed by atoms with E-state index in [4.69, 9.17) is 0 Å². The highest BCUT2D eigenvalue weighted by atomic mass is 16.1. The molecule has 0 radical (unpaired) electrons. The maximum absolute atomic E-state index is 10.5. The van der Waals surface area contributed by atoms with E-state index in [1.165, 1.54) is 22.9 Å². The molecule has 2 aromatic rings. The fraction of sp³-hybridized carbons (Fsp3) is 0.435. The SMILES string of the molecule is C=CCC(/C=C(/C=O)CC)CC.CCC.Cc1c[nH]c2ccccc12. The first-order chi connectivity index (χ1) is 12.1. The average molecular weight is 342 g/mol. The third-order valence-corrected chi connectivity index (χ3v) is 3.80. The second-order valence-electron chi connectivity index (χ2n) is 6.13. The first-order valence-corrected chi connectivity index (χ1v) is 9.37. The number of aryl methyl sites for hydroxylation is 1. The standard InChI is InChI=1S/C11H18O.C9H9N.C3H8/c1-4-7-10(5-2)8-11(6-3)9-12;1-7-6-10-9-5-3-2-4-8(7)9;1-3-2/h4,8-10H,1,5-7H2,2-3H3;2-6,10H,1H3;3H2,1-2H3/b11-8+;;. The molecule has 138 valence electrons. The number of allylic oxidation sites excluding steroid dienone is 3. The van der Waals surface area contributed by atoms with E-state index in [1.807, 2.05) is 25.3 Å². The van der Waals surface area contributed by atoms with Crippen LogP contribution < -0.4 is 0 Å². The van der Waals surface area contributed by atoms with Crippen molar-refractivity contribution in [3.05, 3.63) is 60.3 Å². The molecule has 0 aliphatic rings. The predicted octanol–water partition coefficient (Wildman–Crippen LogP) is 7.02. The Labute approximate surface area is 154 Å². The van der Waals surface area contributed by atoms with E-state index in [2.05, 4.69) is 63.5 Å². The van der Waals surface area contributed by atoms with Crippen molar-refractivity contribution in [2.24, 2.45) is 5.92 Å². The number of aromatic nitrogens is 1. The van der Waals surface area contributed by atoms with Gasteiger partial charge in [0, 0.05) is 17.1 Å². The van der Waals surface area contributed by atoms with Crippen molar-refractivity contribution in [1.82, 2.24) is 4.98 Å². The zero-order valence-electron chi connectivity index (χ0n) is 16.6. The molecule has 1 unspecified atom stereocenters. The van der Waals surface area contributed by atoms with Crippen molar-refractivity contribution < 1.29 is 4.79 Å². The van der Waals surface area contributed by atoms with Gasteiger partial charge in [-0.3, -0.25) is 4.79 Å². The molecule has 2 rings (SSSR count). The lowest BCUT2D eigenvalue weighted by molar-refractivity contribution is -0.105. The second kappa shape index (κ2) is 14.3. The lowest BCUT2D eigenvalue weighted by Gasteiger charge is -2.07. The van der Waals surface area contributed by atoms with E-state index in [0.717, 1.165) is 31.1 Å². The zero-order valence-corrected chi connectivity index (χ0v) is 16.6. The maximum atomic E-state index is 10.5. The maximum Gasteiger partial charge on any atom is 0.145 e. The Bertz CT molecular complexity index is 636. The van der Waals surface area contributed by atoms with Crippen molar-refractivity contribution in [3.8, 4) is 0 Å². The van der Waals surface area contributed by atoms with Crippen LogP contribution in [0, 0.1) is 12.8 Å². The molecule has 0 spiro atoms. The average Bonchev–Trinajstić information content (AvgIpc) is 3.01. The molecule has 1 aromatic heterocycles. The monoisotopic (exact) mass is 341 g/mol. The van der Waals surface area contributed by atoms with Crippen LogP contribution in [0.15, 0.2) is 54.8 Å². The van der Waals surface area contributed by atoms with Gasteiger partial charge in [-0.25, -0.2) is 0 Å². The number of aldehydes is 1. The second-order valence-corrected chi connectivity index (χ2v) is 6.13. The van der Waals surface area contributed by atoms with Gasteiger partial charge in [-0.2, -0.15) is 0 Å². The van der Waals surface area contributed by atoms with Crippen molar-refractivity contribution in [2.75, 3.05) is 0 Å². The zero-order chi connectivity index (χ0) is 19.1. The number of para-hydroxylation sites is 1. The van der Waals surface area contributed by atoms with Gasteiger partial charge < -0.3 is 4.98 Å². The predicted molar refractivity (Wildman–Crippen MR) is 112 cm³/mol. The minimum atomic E-state index is 0.489. The number of H-pyrrole nitrogens is 1. The van der Waals surface area contributed by atoms with Gasteiger partial charge in [0.15, 0.2) is 0 Å². The third-order valence-electron chi connectivity index (χ3n) is 3.80. The quantitative estimate of drug-likeness (QED) is 0.342. The molecule has 1 atom stereocenters. The fourth-order valence-corrected chi connectivity index (χ4v) is 2.33. The van der Waals surface area contributed by atoms with Crippen LogP contribution in [0.1, 0.15) is 58.9 Å². The van der Waals surface area contributed by atoms with Crippen LogP contribution in [0.3, 0.4) is 0 Å². The normalized spacial score (nSPS) is 11.6. The van der Waals surface area contributed by atoms with E-state index in [0.29, 0.717) is 5.92 Å². The summed E-state index contributed by atoms with van der Waals surface area (Å²) in [4.78, 5) is 13.7. The summed E-state index contributed by atoms with van der Waals surface area (Å²) in [5, 5.41) is 1.32. The molecule has 0 aliphatic heterocycles. The van der Waals surface area contributed by atoms with E-state index in [9.17, 15) is 4.79 Å². The van der Waals surface area contributed by atoms with Gasteiger partial charge in [0.1, 0.15) is 6.29 Å². The molecule has 25 heavy (non-hydrogen) atoms. The van der Waals surface area contributed by atoms with E-state index >= 15 is 0 Å². The Morgan fingerprint density at radius 3 is 2.32 bits per heavy atom. The Kier molecular flexibility index (Phi) is 13.1. The Morgan fingerprint density at radius 2 is 1.84 bits per heavy atom. The summed E-state index contributed by atoms with van der Waals surface area (Å²) in [5.74, 6) is 0.489. The Morgan fingerprint density at radius 1 is 1.20 bits per heavy atom. The lowest BCUT2D eigenvalue weighted by atomic mass is 9.99. The minimum Gasteiger partial charge on any atom is -0.361 e. The molecule has 1 heterocycles. The highest BCUT2D eigenvalue weighted by Crippen LogP contribution is 2.15. The van der Waals surface area contributed by atoms with Crippen LogP contribution in [0.4, 0.5) is 0 Å². The Balaban J connectivity index is 0.000000401. The topological polar surface area (TPSA) is 32.9 Å². The van der Waals surface area contributed by atoms with E-state index in [1.54, 1.807) is 0 Å². The number of fused-ring (bicyclic) bond motifs is 1. The molecule has 2 nitrogen and oxygen atoms in total. The minimum absolute atomic E-state index is 0.489. The number of benzene rings is 1. The van der Waals surface area contributed by atoms with Gasteiger partial charge in [0.2, 0.25) is 0 Å². The number of carbonyl (C=O) groups excluding carboxylic acids is 1. The number of nitrogens with one attached hydrogen (secondary N) is 1. The summed E-state index contributed by atoms with van der Waals surface area (Å²) < 4.78 is 0. The summed E-state index contributed by atoms with van der Waals surface area (Å²) in [6.07, 6.45) is 11.1. The summed E-state index contributed by atoms with van der Waals surface area (Å²) in [5.41, 5.74) is 3.44. The van der Waals surface area contributed by atoms with Gasteiger partial charge in [0.05, 0.1) is 0 Å². The van der Waals surface area contributed by atoms with Gasteiger partial charge in [-0.1, -0.05) is 64.5 Å². The first-order valence-electron chi connectivity index (χ1n) is 9.37. The number of rotatable bonds is 6. The van der Waals surface area contributed by atoms with Gasteiger partial charge in [-0.05, 0) is 49.3 Å². The largest absolute Gasteiger partial charge is 0.361 e. The third kappa shape index (κ3) is 9.09. The van der Waals surface area contributed by atoms with E-state index in [-0.39, 0.29) is 0 Å². The van der Waals surface area contributed by atoms with Crippen molar-refractivity contribution in [3.63, 3.8) is 0 Å². The van der Waals surface area contributed by atoms with Crippen LogP contribution in [0.2, 0.25) is 0 Å². The molecule has 0 bridgehead atoms. The highest BCUT2D eigenvalue weighted by molar-refractivity contribution is 5.82. The van der Waals surface area contributed by atoms with Gasteiger partial charge in [-0.15, -0.1) is 6.58 Å². The van der Waals surface area contributed by atoms with E-state index < -0.39 is 0 Å². The summed E-state index contributed by atoms with van der Waals surface area (Å²) in [6.45, 7) is 14.2. The molecule has 1 aromatic carbocycles. The smallest absolute Gasteiger partial charge is 0.145 e. The van der Waals surface area contributed by atoms with Gasteiger partial charge in [0.25, 0.3) is 0 Å². The highest BCUT2D eigenvalue weighted by Gasteiger charge is 2.01. The summed E-state index contributed by atoms with van der Waals surface area (Å²) in [6, 6.07) is 8.31. The van der Waals surface area contributed by atoms with Gasteiger partial charge >= 0.3 is 0 Å². The molecule has 0 aliphatic carbocycles. The molecule has 1 N–H and O–H groups in total. The number of hydrogen-bond acceptors (Lipinski definition) is 1. The molecule has 2 heteroatoms. The molecular weight excluding hydrogens is 306 g/mol. The van der Waals surface area contributed by atoms with Crippen LogP contribution in [0.5, 0.6) is 0 Å². The number of carbonyl (C=O) groups is 1. The molecule has 0 saturated carbocycles. The lowest BCUT2D eigenvalue weighted by Crippen LogP contribution is -1.95. The molecule has 0 amide bonds. The van der Waals surface area contributed by atoms with Crippen LogP contribution >= 0.6 is 0 Å². The van der Waals surface area contributed by atoms with Crippen molar-refractivity contribution in [1.29, 1.82) is 0 Å². The van der Waals surface area contributed by atoms with Crippen molar-refractivity contribution >= 4 is 17.2 Å². The summed E-state index contributed by atoms with van der Waals surface area (Å²) >= 11 is 0. The van der Waals surface area contributed by atoms with Crippen LogP contribution in [-0.4, -0.2) is 11.3 Å². The Hall–Kier alpha value is -2.09. The molecular formula is C23H35NO. The molecule has 0 fully saturated rings.